The zero-order valence-corrected chi connectivity index (χ0v) is 14.4. The van der Waals surface area contributed by atoms with Gasteiger partial charge in [-0.05, 0) is 37.1 Å². The van der Waals surface area contributed by atoms with E-state index in [1.54, 1.807) is 7.11 Å². The Morgan fingerprint density at radius 2 is 2.05 bits per heavy atom. The molecule has 120 valence electrons. The van der Waals surface area contributed by atoms with Gasteiger partial charge in [0.2, 0.25) is 0 Å². The normalized spacial score (nSPS) is 13.9. The molecule has 0 heterocycles. The van der Waals surface area contributed by atoms with Crippen LogP contribution in [0.15, 0.2) is 24.3 Å². The Kier molecular flexibility index (Phi) is 9.35. The Labute approximate surface area is 131 Å². The summed E-state index contributed by atoms with van der Waals surface area (Å²) in [7, 11) is 0.910. The Morgan fingerprint density at radius 1 is 1.24 bits per heavy atom. The van der Waals surface area contributed by atoms with E-state index in [0.29, 0.717) is 5.75 Å². The SMILES string of the molecule is CCCCCS(=O)CC(NCCC)c1cccc(OC)c1. The first-order valence-electron chi connectivity index (χ1n) is 7.93. The third kappa shape index (κ3) is 7.09. The molecule has 0 aliphatic rings. The highest BCUT2D eigenvalue weighted by molar-refractivity contribution is 7.85. The maximum Gasteiger partial charge on any atom is 0.119 e. The first-order valence-corrected chi connectivity index (χ1v) is 9.42. The van der Waals surface area contributed by atoms with Gasteiger partial charge < -0.3 is 10.1 Å². The second kappa shape index (κ2) is 10.8. The molecule has 3 nitrogen and oxygen atoms in total. The summed E-state index contributed by atoms with van der Waals surface area (Å²) in [6.07, 6.45) is 4.47. The van der Waals surface area contributed by atoms with Crippen molar-refractivity contribution in [2.45, 2.75) is 45.6 Å². The molecule has 0 fully saturated rings. The lowest BCUT2D eigenvalue weighted by Crippen LogP contribution is -2.27. The van der Waals surface area contributed by atoms with Gasteiger partial charge in [-0.2, -0.15) is 0 Å². The van der Waals surface area contributed by atoms with Crippen LogP contribution in [0.5, 0.6) is 5.75 Å². The van der Waals surface area contributed by atoms with Gasteiger partial charge in [0.05, 0.1) is 7.11 Å². The molecule has 0 aliphatic carbocycles. The van der Waals surface area contributed by atoms with E-state index < -0.39 is 10.8 Å². The van der Waals surface area contributed by atoms with E-state index in [1.807, 2.05) is 18.2 Å². The van der Waals surface area contributed by atoms with Gasteiger partial charge in [0.1, 0.15) is 5.75 Å². The van der Waals surface area contributed by atoms with Gasteiger partial charge in [-0.25, -0.2) is 0 Å². The van der Waals surface area contributed by atoms with Crippen LogP contribution in [0, 0.1) is 0 Å². The minimum Gasteiger partial charge on any atom is -0.497 e. The Balaban J connectivity index is 2.67. The number of unbranched alkanes of at least 4 members (excludes halogenated alkanes) is 2. The second-order valence-electron chi connectivity index (χ2n) is 5.30. The van der Waals surface area contributed by atoms with Gasteiger partial charge >= 0.3 is 0 Å². The van der Waals surface area contributed by atoms with E-state index in [9.17, 15) is 4.21 Å². The predicted molar refractivity (Wildman–Crippen MR) is 91.4 cm³/mol. The van der Waals surface area contributed by atoms with Gasteiger partial charge in [-0.3, -0.25) is 4.21 Å². The molecular formula is C17H29NO2S. The molecule has 1 aromatic carbocycles. The fraction of sp³-hybridized carbons (Fsp3) is 0.647. The van der Waals surface area contributed by atoms with Gasteiger partial charge in [0, 0.05) is 28.3 Å². The molecule has 21 heavy (non-hydrogen) atoms. The molecule has 0 saturated heterocycles. The lowest BCUT2D eigenvalue weighted by molar-refractivity contribution is 0.413. The zero-order valence-electron chi connectivity index (χ0n) is 13.6. The fourth-order valence-electron chi connectivity index (χ4n) is 2.23. The fourth-order valence-corrected chi connectivity index (χ4v) is 3.61. The number of nitrogens with one attached hydrogen (secondary N) is 1. The summed E-state index contributed by atoms with van der Waals surface area (Å²) >= 11 is 0. The van der Waals surface area contributed by atoms with Crippen LogP contribution in [0.2, 0.25) is 0 Å². The topological polar surface area (TPSA) is 38.3 Å². The largest absolute Gasteiger partial charge is 0.497 e. The summed E-state index contributed by atoms with van der Waals surface area (Å²) in [4.78, 5) is 0. The van der Waals surface area contributed by atoms with Crippen molar-refractivity contribution in [3.05, 3.63) is 29.8 Å². The summed E-state index contributed by atoms with van der Waals surface area (Å²) in [5, 5.41) is 3.51. The molecule has 1 rings (SSSR count). The van der Waals surface area contributed by atoms with Gasteiger partial charge in [-0.1, -0.05) is 38.8 Å². The molecule has 0 bridgehead atoms. The van der Waals surface area contributed by atoms with Crippen LogP contribution in [0.25, 0.3) is 0 Å². The Morgan fingerprint density at radius 3 is 2.71 bits per heavy atom. The van der Waals surface area contributed by atoms with E-state index in [0.717, 1.165) is 42.9 Å². The maximum absolute atomic E-state index is 12.3. The van der Waals surface area contributed by atoms with Crippen molar-refractivity contribution in [2.75, 3.05) is 25.2 Å². The summed E-state index contributed by atoms with van der Waals surface area (Å²) in [6.45, 7) is 5.26. The monoisotopic (exact) mass is 311 g/mol. The molecule has 1 N–H and O–H groups in total. The molecule has 4 heteroatoms. The average Bonchev–Trinajstić information content (AvgIpc) is 2.51. The molecule has 1 aromatic rings. The summed E-state index contributed by atoms with van der Waals surface area (Å²) in [5.74, 6) is 2.34. The van der Waals surface area contributed by atoms with Gasteiger partial charge in [-0.15, -0.1) is 0 Å². The quantitative estimate of drug-likeness (QED) is 0.634. The van der Waals surface area contributed by atoms with Crippen LogP contribution in [0.4, 0.5) is 0 Å². The second-order valence-corrected chi connectivity index (χ2v) is 6.92. The summed E-state index contributed by atoms with van der Waals surface area (Å²) in [6, 6.07) is 8.20. The Hall–Kier alpha value is -0.870. The predicted octanol–water partition coefficient (Wildman–Crippen LogP) is 3.67. The summed E-state index contributed by atoms with van der Waals surface area (Å²) < 4.78 is 17.5. The highest BCUT2D eigenvalue weighted by atomic mass is 32.2. The van der Waals surface area contributed by atoms with Crippen molar-refractivity contribution in [1.82, 2.24) is 5.32 Å². The van der Waals surface area contributed by atoms with E-state index in [2.05, 4.69) is 25.2 Å². The highest BCUT2D eigenvalue weighted by Crippen LogP contribution is 2.20. The first kappa shape index (κ1) is 18.2. The third-order valence-corrected chi connectivity index (χ3v) is 4.91. The smallest absolute Gasteiger partial charge is 0.119 e. The molecule has 0 aromatic heterocycles. The molecule has 0 radical (unpaired) electrons. The molecule has 0 spiro atoms. The van der Waals surface area contributed by atoms with Crippen LogP contribution in [0.3, 0.4) is 0 Å². The van der Waals surface area contributed by atoms with Gasteiger partial charge in [0.25, 0.3) is 0 Å². The molecule has 0 saturated carbocycles. The minimum atomic E-state index is -0.767. The minimum absolute atomic E-state index is 0.141. The Bertz CT molecular complexity index is 423. The van der Waals surface area contributed by atoms with Crippen LogP contribution in [-0.4, -0.2) is 29.4 Å². The highest BCUT2D eigenvalue weighted by Gasteiger charge is 2.15. The van der Waals surface area contributed by atoms with Crippen molar-refractivity contribution in [1.29, 1.82) is 0 Å². The molecule has 0 amide bonds. The van der Waals surface area contributed by atoms with E-state index >= 15 is 0 Å². The van der Waals surface area contributed by atoms with Crippen LogP contribution in [-0.2, 0) is 10.8 Å². The van der Waals surface area contributed by atoms with E-state index in [4.69, 9.17) is 4.74 Å². The third-order valence-electron chi connectivity index (χ3n) is 3.47. The van der Waals surface area contributed by atoms with Crippen molar-refractivity contribution in [3.63, 3.8) is 0 Å². The van der Waals surface area contributed by atoms with Crippen LogP contribution in [0.1, 0.15) is 51.1 Å². The zero-order chi connectivity index (χ0) is 15.5. The van der Waals surface area contributed by atoms with E-state index in [-0.39, 0.29) is 6.04 Å². The maximum atomic E-state index is 12.3. The van der Waals surface area contributed by atoms with Crippen molar-refractivity contribution in [3.8, 4) is 5.75 Å². The molecule has 2 atom stereocenters. The molecule has 0 aliphatic heterocycles. The first-order chi connectivity index (χ1) is 10.2. The molecule has 2 unspecified atom stereocenters. The number of ether oxygens (including phenoxy) is 1. The number of methoxy groups -OCH3 is 1. The van der Waals surface area contributed by atoms with Crippen LogP contribution < -0.4 is 10.1 Å². The number of benzene rings is 1. The average molecular weight is 311 g/mol. The molecular weight excluding hydrogens is 282 g/mol. The standard InChI is InChI=1S/C17H29NO2S/c1-4-6-7-12-21(19)14-17(18-11-5-2)15-9-8-10-16(13-15)20-3/h8-10,13,17-18H,4-7,11-12,14H2,1-3H3. The van der Waals surface area contributed by atoms with Crippen molar-refractivity contribution < 1.29 is 8.95 Å². The number of hydrogen-bond donors (Lipinski definition) is 1. The van der Waals surface area contributed by atoms with Gasteiger partial charge in [0.15, 0.2) is 0 Å². The summed E-state index contributed by atoms with van der Waals surface area (Å²) in [5.41, 5.74) is 1.16. The lowest BCUT2D eigenvalue weighted by Gasteiger charge is -2.19. The van der Waals surface area contributed by atoms with Crippen LogP contribution >= 0.6 is 0 Å². The van der Waals surface area contributed by atoms with Crippen molar-refractivity contribution >= 4 is 10.8 Å². The number of rotatable bonds is 11. The lowest BCUT2D eigenvalue weighted by atomic mass is 10.1. The van der Waals surface area contributed by atoms with E-state index in [1.165, 1.54) is 6.42 Å². The number of hydrogen-bond acceptors (Lipinski definition) is 3. The van der Waals surface area contributed by atoms with Crippen molar-refractivity contribution in [2.24, 2.45) is 0 Å².